The molecule has 0 aliphatic carbocycles. The molecule has 2 aromatic heterocycles. The van der Waals surface area contributed by atoms with E-state index in [1.54, 1.807) is 91.0 Å². The lowest BCUT2D eigenvalue weighted by atomic mass is 10.1. The Labute approximate surface area is 214 Å². The van der Waals surface area contributed by atoms with Crippen molar-refractivity contribution in [2.45, 2.75) is 12.7 Å². The third kappa shape index (κ3) is 4.75. The van der Waals surface area contributed by atoms with Crippen molar-refractivity contribution in [3.63, 3.8) is 0 Å². The van der Waals surface area contributed by atoms with Crippen LogP contribution in [0.1, 0.15) is 11.1 Å². The fraction of sp³-hybridized carbons (Fsp3) is 0.0714. The lowest BCUT2D eigenvalue weighted by molar-refractivity contribution is -0.673. The second-order valence-electron chi connectivity index (χ2n) is 8.23. The molecular weight excluding hydrogens is 505 g/mol. The summed E-state index contributed by atoms with van der Waals surface area (Å²) >= 11 is 6.05. The predicted molar refractivity (Wildman–Crippen MR) is 133 cm³/mol. The Morgan fingerprint density at radius 1 is 0.892 bits per heavy atom. The van der Waals surface area contributed by atoms with Gasteiger partial charge in [0.15, 0.2) is 0 Å². The Balaban J connectivity index is 1.73. The minimum atomic E-state index is -5.09. The molecule has 0 radical (unpaired) electrons. The van der Waals surface area contributed by atoms with Crippen LogP contribution in [0.5, 0.6) is 17.4 Å². The number of alkyl halides is 3. The molecule has 1 N–H and O–H groups in total. The van der Waals surface area contributed by atoms with Crippen molar-refractivity contribution in [3.8, 4) is 28.6 Å². The number of aromatic hydroxyl groups is 1. The Kier molecular flexibility index (Phi) is 6.35. The molecule has 2 heterocycles. The molecule has 5 aromatic rings. The monoisotopic (exact) mass is 523 g/mol. The summed E-state index contributed by atoms with van der Waals surface area (Å²) in [5.41, 5.74) is -1.66. The molecule has 0 aliphatic rings. The highest BCUT2D eigenvalue weighted by atomic mass is 35.5. The molecule has 186 valence electrons. The number of rotatable bonds is 5. The Bertz CT molecular complexity index is 1670. The van der Waals surface area contributed by atoms with E-state index in [0.717, 1.165) is 8.97 Å². The first-order chi connectivity index (χ1) is 17.7. The van der Waals surface area contributed by atoms with E-state index in [-0.39, 0.29) is 17.9 Å². The Hall–Kier alpha value is -4.30. The molecule has 37 heavy (non-hydrogen) atoms. The number of hydrogen-bond donors (Lipinski definition) is 1. The van der Waals surface area contributed by atoms with Crippen LogP contribution in [0.25, 0.3) is 16.9 Å². The van der Waals surface area contributed by atoms with Crippen LogP contribution in [0.15, 0.2) is 102 Å². The molecule has 0 unspecified atom stereocenters. The summed E-state index contributed by atoms with van der Waals surface area (Å²) in [7, 11) is 0. The van der Waals surface area contributed by atoms with Crippen molar-refractivity contribution in [3.05, 3.63) is 124 Å². The first-order valence-corrected chi connectivity index (χ1v) is 11.6. The smallest absolute Gasteiger partial charge is 0.431 e. The van der Waals surface area contributed by atoms with Crippen molar-refractivity contribution in [1.82, 2.24) is 4.40 Å². The van der Waals surface area contributed by atoms with Gasteiger partial charge in [0, 0.05) is 22.2 Å². The maximum atomic E-state index is 14.1. The van der Waals surface area contributed by atoms with Crippen LogP contribution in [0.3, 0.4) is 0 Å². The van der Waals surface area contributed by atoms with Gasteiger partial charge in [-0.25, -0.2) is 4.79 Å². The van der Waals surface area contributed by atoms with E-state index >= 15 is 0 Å². The highest BCUT2D eigenvalue weighted by molar-refractivity contribution is 6.30. The summed E-state index contributed by atoms with van der Waals surface area (Å²) in [4.78, 5) is 13.2. The molecule has 0 aliphatic heterocycles. The van der Waals surface area contributed by atoms with Gasteiger partial charge in [-0.1, -0.05) is 66.2 Å². The van der Waals surface area contributed by atoms with Crippen LogP contribution in [0.4, 0.5) is 13.2 Å². The molecular formula is C28H19ClF3N2O3+. The largest absolute Gasteiger partial charge is 0.477 e. The average molecular weight is 524 g/mol. The van der Waals surface area contributed by atoms with Gasteiger partial charge in [0.1, 0.15) is 23.7 Å². The summed E-state index contributed by atoms with van der Waals surface area (Å²) in [6.45, 7) is -0.215. The Morgan fingerprint density at radius 3 is 2.32 bits per heavy atom. The van der Waals surface area contributed by atoms with Crippen molar-refractivity contribution < 1.29 is 27.6 Å². The number of hydrogen-bond acceptors (Lipinski definition) is 3. The minimum absolute atomic E-state index is 0.0782. The number of benzene rings is 3. The fourth-order valence-electron chi connectivity index (χ4n) is 4.17. The van der Waals surface area contributed by atoms with Crippen LogP contribution in [-0.4, -0.2) is 9.51 Å². The zero-order valence-corrected chi connectivity index (χ0v) is 19.9. The zero-order valence-electron chi connectivity index (χ0n) is 19.1. The first kappa shape index (κ1) is 24.4. The first-order valence-electron chi connectivity index (χ1n) is 11.2. The second kappa shape index (κ2) is 9.63. The van der Waals surface area contributed by atoms with Crippen molar-refractivity contribution in [2.75, 3.05) is 0 Å². The van der Waals surface area contributed by atoms with Gasteiger partial charge < -0.3 is 9.84 Å². The van der Waals surface area contributed by atoms with Gasteiger partial charge in [-0.3, -0.25) is 0 Å². The number of ether oxygens (including phenoxy) is 1. The van der Waals surface area contributed by atoms with E-state index in [4.69, 9.17) is 16.3 Å². The molecule has 5 nitrogen and oxygen atoms in total. The number of pyridine rings is 1. The van der Waals surface area contributed by atoms with Crippen LogP contribution in [-0.2, 0) is 12.7 Å². The lowest BCUT2D eigenvalue weighted by Crippen LogP contribution is -2.44. The SMILES string of the molecule is O=c1c(C(F)(F)F)c(O)[n+](Cc2ccccc2Oc2cccc(Cl)c2)c2cccc(-c3ccccc3)n12. The van der Waals surface area contributed by atoms with Gasteiger partial charge in [-0.2, -0.15) is 22.1 Å². The lowest BCUT2D eigenvalue weighted by Gasteiger charge is -2.15. The summed E-state index contributed by atoms with van der Waals surface area (Å²) in [5.74, 6) is -0.389. The van der Waals surface area contributed by atoms with E-state index in [1.807, 2.05) is 0 Å². The van der Waals surface area contributed by atoms with Gasteiger partial charge in [0.05, 0.1) is 0 Å². The van der Waals surface area contributed by atoms with Gasteiger partial charge in [-0.15, -0.1) is 0 Å². The summed E-state index contributed by atoms with van der Waals surface area (Å²) in [6.07, 6.45) is -5.09. The van der Waals surface area contributed by atoms with Crippen molar-refractivity contribution in [1.29, 1.82) is 0 Å². The quantitative estimate of drug-likeness (QED) is 0.269. The molecule has 0 bridgehead atoms. The molecule has 0 fully saturated rings. The number of halogens is 4. The molecule has 0 saturated carbocycles. The summed E-state index contributed by atoms with van der Waals surface area (Å²) in [6, 6.07) is 26.7. The third-order valence-electron chi connectivity index (χ3n) is 5.82. The Morgan fingerprint density at radius 2 is 1.59 bits per heavy atom. The van der Waals surface area contributed by atoms with E-state index in [2.05, 4.69) is 0 Å². The standard InChI is InChI=1S/C28H18ClF3N2O3/c29-20-11-6-12-21(16-20)37-23-14-5-4-10-19(23)17-33-24-15-7-13-22(18-8-2-1-3-9-18)34(24)27(36)25(26(33)35)28(30,31)32/h1-16H,17H2/p+1. The molecule has 3 aromatic carbocycles. The third-order valence-corrected chi connectivity index (χ3v) is 6.06. The molecule has 0 saturated heterocycles. The number of nitrogens with zero attached hydrogens (tertiary/aromatic N) is 2. The van der Waals surface area contributed by atoms with Crippen LogP contribution < -0.4 is 14.9 Å². The van der Waals surface area contributed by atoms with E-state index < -0.39 is 23.2 Å². The second-order valence-corrected chi connectivity index (χ2v) is 8.66. The van der Waals surface area contributed by atoms with Crippen LogP contribution in [0, 0.1) is 0 Å². The van der Waals surface area contributed by atoms with Crippen LogP contribution in [0.2, 0.25) is 5.02 Å². The number of aromatic nitrogens is 2. The highest BCUT2D eigenvalue weighted by Gasteiger charge is 2.44. The highest BCUT2D eigenvalue weighted by Crippen LogP contribution is 2.33. The molecule has 0 amide bonds. The molecule has 5 rings (SSSR count). The van der Waals surface area contributed by atoms with Gasteiger partial charge in [0.2, 0.25) is 5.56 Å². The maximum Gasteiger partial charge on any atom is 0.431 e. The van der Waals surface area contributed by atoms with Gasteiger partial charge in [0.25, 0.3) is 5.65 Å². The normalized spacial score (nSPS) is 11.6. The topological polar surface area (TPSA) is 54.8 Å². The predicted octanol–water partition coefficient (Wildman–Crippen LogP) is 6.47. The fourth-order valence-corrected chi connectivity index (χ4v) is 4.35. The maximum absolute atomic E-state index is 14.1. The van der Waals surface area contributed by atoms with Gasteiger partial charge >= 0.3 is 17.6 Å². The van der Waals surface area contributed by atoms with E-state index in [1.165, 1.54) is 6.07 Å². The molecule has 0 atom stereocenters. The average Bonchev–Trinajstić information content (AvgIpc) is 2.87. The summed E-state index contributed by atoms with van der Waals surface area (Å²) < 4.78 is 50.2. The van der Waals surface area contributed by atoms with Crippen LogP contribution >= 0.6 is 11.6 Å². The van der Waals surface area contributed by atoms with Gasteiger partial charge in [-0.05, 0) is 36.4 Å². The van der Waals surface area contributed by atoms with E-state index in [0.29, 0.717) is 27.6 Å². The minimum Gasteiger partial charge on any atom is -0.477 e. The summed E-state index contributed by atoms with van der Waals surface area (Å²) in [5, 5.41) is 11.3. The van der Waals surface area contributed by atoms with E-state index in [9.17, 15) is 23.1 Å². The number of para-hydroxylation sites is 1. The number of fused-ring (bicyclic) bond motifs is 1. The van der Waals surface area contributed by atoms with Crippen molar-refractivity contribution in [2.24, 2.45) is 0 Å². The van der Waals surface area contributed by atoms with Crippen molar-refractivity contribution >= 4 is 17.2 Å². The molecule has 0 spiro atoms. The molecule has 9 heteroatoms. The zero-order chi connectivity index (χ0) is 26.2.